The number of halogens is 1. The summed E-state index contributed by atoms with van der Waals surface area (Å²) < 4.78 is 17.9. The van der Waals surface area contributed by atoms with Crippen LogP contribution in [0.5, 0.6) is 0 Å². The zero-order valence-electron chi connectivity index (χ0n) is 10.9. The Hall–Kier alpha value is -0.970. The van der Waals surface area contributed by atoms with Crippen molar-refractivity contribution in [3.8, 4) is 0 Å². The lowest BCUT2D eigenvalue weighted by Crippen LogP contribution is -2.29. The summed E-state index contributed by atoms with van der Waals surface area (Å²) >= 11 is 0. The van der Waals surface area contributed by atoms with Crippen molar-refractivity contribution < 1.29 is 14.2 Å². The van der Waals surface area contributed by atoms with E-state index in [4.69, 9.17) is 9.84 Å². The molecule has 0 aromatic heterocycles. The van der Waals surface area contributed by atoms with Crippen LogP contribution in [0.25, 0.3) is 0 Å². The highest BCUT2D eigenvalue weighted by Crippen LogP contribution is 2.05. The smallest absolute Gasteiger partial charge is 0.123 e. The molecule has 1 atom stereocenters. The van der Waals surface area contributed by atoms with Gasteiger partial charge in [-0.3, -0.25) is 0 Å². The Morgan fingerprint density at radius 3 is 2.67 bits per heavy atom. The summed E-state index contributed by atoms with van der Waals surface area (Å²) in [5.41, 5.74) is 1.13. The maximum atomic E-state index is 12.7. The third-order valence-electron chi connectivity index (χ3n) is 2.65. The first-order valence-corrected chi connectivity index (χ1v) is 6.39. The van der Waals surface area contributed by atoms with Gasteiger partial charge in [0, 0.05) is 12.6 Å². The zero-order chi connectivity index (χ0) is 13.2. The van der Waals surface area contributed by atoms with Gasteiger partial charge in [0.05, 0.1) is 13.2 Å². The van der Waals surface area contributed by atoms with E-state index < -0.39 is 0 Å². The van der Waals surface area contributed by atoms with Gasteiger partial charge in [-0.15, -0.1) is 0 Å². The third-order valence-corrected chi connectivity index (χ3v) is 2.65. The van der Waals surface area contributed by atoms with E-state index in [1.165, 1.54) is 12.1 Å². The van der Waals surface area contributed by atoms with Crippen molar-refractivity contribution in [3.63, 3.8) is 0 Å². The fourth-order valence-corrected chi connectivity index (χ4v) is 1.74. The molecule has 1 aromatic rings. The molecular weight excluding hydrogens is 233 g/mol. The van der Waals surface area contributed by atoms with E-state index >= 15 is 0 Å². The first-order valence-electron chi connectivity index (χ1n) is 6.39. The first kappa shape index (κ1) is 15.1. The summed E-state index contributed by atoms with van der Waals surface area (Å²) in [7, 11) is 0. The Balaban J connectivity index is 2.10. The number of ether oxygens (including phenoxy) is 1. The van der Waals surface area contributed by atoms with Crippen molar-refractivity contribution in [2.45, 2.75) is 25.8 Å². The van der Waals surface area contributed by atoms with Crippen molar-refractivity contribution in [3.05, 3.63) is 35.6 Å². The number of aliphatic hydroxyl groups is 1. The number of benzene rings is 1. The number of hydrogen-bond donors (Lipinski definition) is 2. The quantitative estimate of drug-likeness (QED) is 0.661. The maximum absolute atomic E-state index is 12.7. The van der Waals surface area contributed by atoms with Crippen molar-refractivity contribution in [2.75, 3.05) is 26.4 Å². The first-order chi connectivity index (χ1) is 8.72. The molecule has 0 spiro atoms. The van der Waals surface area contributed by atoms with Gasteiger partial charge in [-0.1, -0.05) is 12.1 Å². The zero-order valence-corrected chi connectivity index (χ0v) is 10.9. The van der Waals surface area contributed by atoms with Gasteiger partial charge in [0.2, 0.25) is 0 Å². The minimum Gasteiger partial charge on any atom is -0.394 e. The lowest BCUT2D eigenvalue weighted by molar-refractivity contribution is 0.0904. The van der Waals surface area contributed by atoms with E-state index in [2.05, 4.69) is 12.2 Å². The van der Waals surface area contributed by atoms with Gasteiger partial charge in [0.25, 0.3) is 0 Å². The van der Waals surface area contributed by atoms with Gasteiger partial charge in [-0.05, 0) is 44.0 Å². The molecule has 0 bridgehead atoms. The van der Waals surface area contributed by atoms with E-state index in [0.717, 1.165) is 24.9 Å². The van der Waals surface area contributed by atoms with Crippen LogP contribution in [0, 0.1) is 5.82 Å². The van der Waals surface area contributed by atoms with Gasteiger partial charge >= 0.3 is 0 Å². The van der Waals surface area contributed by atoms with Gasteiger partial charge in [-0.2, -0.15) is 0 Å². The Labute approximate surface area is 108 Å². The summed E-state index contributed by atoms with van der Waals surface area (Å²) in [6, 6.07) is 6.97. The van der Waals surface area contributed by atoms with Crippen LogP contribution in [-0.4, -0.2) is 37.5 Å². The predicted octanol–water partition coefficient (Wildman–Crippen LogP) is 1.75. The van der Waals surface area contributed by atoms with Crippen molar-refractivity contribution >= 4 is 0 Å². The highest BCUT2D eigenvalue weighted by atomic mass is 19.1. The molecule has 3 nitrogen and oxygen atoms in total. The summed E-state index contributed by atoms with van der Waals surface area (Å²) in [5, 5.41) is 11.9. The number of nitrogens with one attached hydrogen (secondary N) is 1. The molecule has 18 heavy (non-hydrogen) atoms. The standard InChI is InChI=1S/C14H22FNO2/c1-12(16-7-2-9-18-10-8-17)11-13-3-5-14(15)6-4-13/h3-6,12,16-17H,2,7-11H2,1H3. The second-order valence-electron chi connectivity index (χ2n) is 4.38. The van der Waals surface area contributed by atoms with Gasteiger partial charge < -0.3 is 15.2 Å². The Morgan fingerprint density at radius 2 is 2.00 bits per heavy atom. The molecule has 4 heteroatoms. The van der Waals surface area contributed by atoms with Crippen LogP contribution in [0.4, 0.5) is 4.39 Å². The second kappa shape index (κ2) is 9.03. The normalized spacial score (nSPS) is 12.6. The molecule has 1 unspecified atom stereocenters. The minimum atomic E-state index is -0.194. The van der Waals surface area contributed by atoms with E-state index in [0.29, 0.717) is 19.3 Å². The molecule has 0 aliphatic carbocycles. The van der Waals surface area contributed by atoms with E-state index in [1.54, 1.807) is 0 Å². The van der Waals surface area contributed by atoms with Crippen LogP contribution in [0.3, 0.4) is 0 Å². The van der Waals surface area contributed by atoms with E-state index in [-0.39, 0.29) is 12.4 Å². The minimum absolute atomic E-state index is 0.0778. The number of hydrogen-bond acceptors (Lipinski definition) is 3. The third kappa shape index (κ3) is 6.69. The van der Waals surface area contributed by atoms with Crippen LogP contribution in [-0.2, 0) is 11.2 Å². The summed E-state index contributed by atoms with van der Waals surface area (Å²) in [6.45, 7) is 4.14. The molecule has 0 fully saturated rings. The lowest BCUT2D eigenvalue weighted by Gasteiger charge is -2.13. The average Bonchev–Trinajstić information content (AvgIpc) is 2.36. The lowest BCUT2D eigenvalue weighted by atomic mass is 10.1. The summed E-state index contributed by atoms with van der Waals surface area (Å²) in [5.74, 6) is -0.194. The van der Waals surface area contributed by atoms with Gasteiger partial charge in [0.1, 0.15) is 5.82 Å². The summed E-state index contributed by atoms with van der Waals surface area (Å²) in [4.78, 5) is 0. The number of rotatable bonds is 9. The molecule has 0 saturated heterocycles. The molecule has 0 aliphatic heterocycles. The Bertz CT molecular complexity index is 316. The molecule has 0 amide bonds. The topological polar surface area (TPSA) is 41.5 Å². The highest BCUT2D eigenvalue weighted by molar-refractivity contribution is 5.16. The van der Waals surface area contributed by atoms with Crippen molar-refractivity contribution in [1.29, 1.82) is 0 Å². The number of aliphatic hydroxyl groups excluding tert-OH is 1. The fourth-order valence-electron chi connectivity index (χ4n) is 1.74. The largest absolute Gasteiger partial charge is 0.394 e. The molecular formula is C14H22FNO2. The van der Waals surface area contributed by atoms with Crippen LogP contribution >= 0.6 is 0 Å². The van der Waals surface area contributed by atoms with Gasteiger partial charge in [0.15, 0.2) is 0 Å². The van der Waals surface area contributed by atoms with Crippen LogP contribution < -0.4 is 5.32 Å². The molecule has 2 N–H and O–H groups in total. The second-order valence-corrected chi connectivity index (χ2v) is 4.38. The van der Waals surface area contributed by atoms with Gasteiger partial charge in [-0.25, -0.2) is 4.39 Å². The average molecular weight is 255 g/mol. The SMILES string of the molecule is CC(Cc1ccc(F)cc1)NCCCOCCO. The molecule has 1 aromatic carbocycles. The summed E-state index contributed by atoms with van der Waals surface area (Å²) in [6.07, 6.45) is 1.81. The van der Waals surface area contributed by atoms with Crippen molar-refractivity contribution in [2.24, 2.45) is 0 Å². The molecule has 1 rings (SSSR count). The molecule has 102 valence electrons. The molecule has 0 radical (unpaired) electrons. The monoisotopic (exact) mass is 255 g/mol. The molecule has 0 heterocycles. The maximum Gasteiger partial charge on any atom is 0.123 e. The molecule has 0 aliphatic rings. The Kier molecular flexibility index (Phi) is 7.57. The van der Waals surface area contributed by atoms with E-state index in [1.807, 2.05) is 12.1 Å². The van der Waals surface area contributed by atoms with E-state index in [9.17, 15) is 4.39 Å². The predicted molar refractivity (Wildman–Crippen MR) is 70.1 cm³/mol. The molecule has 0 saturated carbocycles. The van der Waals surface area contributed by atoms with Crippen LogP contribution in [0.2, 0.25) is 0 Å². The highest BCUT2D eigenvalue weighted by Gasteiger charge is 2.02. The van der Waals surface area contributed by atoms with Crippen molar-refractivity contribution in [1.82, 2.24) is 5.32 Å². The van der Waals surface area contributed by atoms with Crippen LogP contribution in [0.15, 0.2) is 24.3 Å². The fraction of sp³-hybridized carbons (Fsp3) is 0.571. The Morgan fingerprint density at radius 1 is 1.28 bits per heavy atom. The van der Waals surface area contributed by atoms with Crippen LogP contribution in [0.1, 0.15) is 18.9 Å².